The summed E-state index contributed by atoms with van der Waals surface area (Å²) in [5, 5.41) is 3.63. The van der Waals surface area contributed by atoms with Crippen LogP contribution in [-0.4, -0.2) is 11.9 Å². The van der Waals surface area contributed by atoms with Gasteiger partial charge in [-0.05, 0) is 49.2 Å². The fourth-order valence-corrected chi connectivity index (χ4v) is 3.71. The zero-order valence-corrected chi connectivity index (χ0v) is 14.8. The van der Waals surface area contributed by atoms with Crippen molar-refractivity contribution in [2.75, 3.05) is 10.2 Å². The van der Waals surface area contributed by atoms with E-state index in [9.17, 15) is 4.79 Å². The van der Waals surface area contributed by atoms with Crippen molar-refractivity contribution in [2.45, 2.75) is 25.4 Å². The third kappa shape index (κ3) is 3.08. The quantitative estimate of drug-likeness (QED) is 0.702. The summed E-state index contributed by atoms with van der Waals surface area (Å²) in [4.78, 5) is 15.1. The molecule has 130 valence electrons. The fourth-order valence-electron chi connectivity index (χ4n) is 3.71. The number of hydrogen-bond donors (Lipinski definition) is 1. The summed E-state index contributed by atoms with van der Waals surface area (Å²) in [5.41, 5.74) is 3.98. The molecule has 0 fully saturated rings. The second kappa shape index (κ2) is 7.04. The highest BCUT2D eigenvalue weighted by atomic mass is 16.2. The first-order valence-corrected chi connectivity index (χ1v) is 9.03. The van der Waals surface area contributed by atoms with Crippen LogP contribution >= 0.6 is 0 Å². The number of rotatable bonds is 3. The van der Waals surface area contributed by atoms with Crippen LogP contribution < -0.4 is 10.2 Å². The van der Waals surface area contributed by atoms with Crippen molar-refractivity contribution in [1.82, 2.24) is 0 Å². The number of fused-ring (bicyclic) bond motifs is 1. The van der Waals surface area contributed by atoms with Crippen LogP contribution in [0.4, 0.5) is 11.4 Å². The van der Waals surface area contributed by atoms with E-state index in [1.165, 1.54) is 5.56 Å². The molecule has 1 unspecified atom stereocenters. The molecule has 0 radical (unpaired) electrons. The van der Waals surface area contributed by atoms with Gasteiger partial charge in [-0.2, -0.15) is 0 Å². The third-order valence-corrected chi connectivity index (χ3v) is 4.94. The Labute approximate surface area is 154 Å². The number of hydrogen-bond acceptors (Lipinski definition) is 2. The third-order valence-electron chi connectivity index (χ3n) is 4.94. The minimum atomic E-state index is 0.0590. The van der Waals surface area contributed by atoms with Crippen molar-refractivity contribution in [2.24, 2.45) is 0 Å². The summed E-state index contributed by atoms with van der Waals surface area (Å²) in [5.74, 6) is 0.0590. The molecule has 1 N–H and O–H groups in total. The van der Waals surface area contributed by atoms with Gasteiger partial charge in [-0.15, -0.1) is 0 Å². The highest BCUT2D eigenvalue weighted by Crippen LogP contribution is 2.39. The molecule has 2 atom stereocenters. The van der Waals surface area contributed by atoms with Crippen molar-refractivity contribution in [3.63, 3.8) is 0 Å². The highest BCUT2D eigenvalue weighted by molar-refractivity contribution is 6.07. The van der Waals surface area contributed by atoms with Gasteiger partial charge in [-0.25, -0.2) is 0 Å². The molecule has 3 heteroatoms. The number of benzene rings is 3. The predicted octanol–water partition coefficient (Wildman–Crippen LogP) is 5.28. The first kappa shape index (κ1) is 16.4. The van der Waals surface area contributed by atoms with E-state index < -0.39 is 0 Å². The van der Waals surface area contributed by atoms with E-state index in [0.717, 1.165) is 23.4 Å². The number of amides is 1. The summed E-state index contributed by atoms with van der Waals surface area (Å²) < 4.78 is 0. The molecule has 1 heterocycles. The molecule has 3 nitrogen and oxygen atoms in total. The second-order valence-electron chi connectivity index (χ2n) is 6.75. The zero-order valence-electron chi connectivity index (χ0n) is 14.8. The number of nitrogens with zero attached hydrogens (tertiary/aromatic N) is 1. The van der Waals surface area contributed by atoms with E-state index in [-0.39, 0.29) is 18.0 Å². The topological polar surface area (TPSA) is 32.3 Å². The van der Waals surface area contributed by atoms with E-state index >= 15 is 0 Å². The van der Waals surface area contributed by atoms with E-state index in [2.05, 4.69) is 30.4 Å². The van der Waals surface area contributed by atoms with Crippen LogP contribution in [0.5, 0.6) is 0 Å². The van der Waals surface area contributed by atoms with Crippen LogP contribution in [0, 0.1) is 0 Å². The zero-order chi connectivity index (χ0) is 17.9. The Kier molecular flexibility index (Phi) is 4.44. The Bertz CT molecular complexity index is 892. The second-order valence-corrected chi connectivity index (χ2v) is 6.75. The van der Waals surface area contributed by atoms with Gasteiger partial charge in [-0.3, -0.25) is 4.79 Å². The maximum atomic E-state index is 13.1. The summed E-state index contributed by atoms with van der Waals surface area (Å²) in [6.07, 6.45) is 0.866. The molecule has 4 rings (SSSR count). The summed E-state index contributed by atoms with van der Waals surface area (Å²) in [6, 6.07) is 28.3. The van der Waals surface area contributed by atoms with Crippen molar-refractivity contribution in [3.8, 4) is 0 Å². The lowest BCUT2D eigenvalue weighted by Crippen LogP contribution is -2.44. The Hall–Kier alpha value is -3.07. The molecule has 0 saturated heterocycles. The van der Waals surface area contributed by atoms with E-state index in [4.69, 9.17) is 0 Å². The number of carbonyl (C=O) groups is 1. The number of carbonyl (C=O) groups excluding carboxylic acids is 1. The number of para-hydroxylation sites is 2. The number of anilines is 2. The Morgan fingerprint density at radius 3 is 2.23 bits per heavy atom. The minimum Gasteiger partial charge on any atom is -0.378 e. The van der Waals surface area contributed by atoms with Gasteiger partial charge in [0, 0.05) is 23.0 Å². The van der Waals surface area contributed by atoms with E-state index in [1.807, 2.05) is 71.6 Å². The molecule has 0 spiro atoms. The lowest BCUT2D eigenvalue weighted by molar-refractivity contribution is 0.0974. The molecule has 1 aliphatic heterocycles. The van der Waals surface area contributed by atoms with Gasteiger partial charge >= 0.3 is 0 Å². The average molecular weight is 342 g/mol. The predicted molar refractivity (Wildman–Crippen MR) is 107 cm³/mol. The largest absolute Gasteiger partial charge is 0.378 e. The molecule has 0 aliphatic carbocycles. The van der Waals surface area contributed by atoms with Crippen LogP contribution in [0.25, 0.3) is 0 Å². The van der Waals surface area contributed by atoms with Gasteiger partial charge in [0.1, 0.15) is 0 Å². The fraction of sp³-hybridized carbons (Fsp3) is 0.174. The maximum absolute atomic E-state index is 13.1. The molecular formula is C23H22N2O. The van der Waals surface area contributed by atoms with Gasteiger partial charge in [0.05, 0.1) is 6.04 Å². The van der Waals surface area contributed by atoms with Crippen LogP contribution in [-0.2, 0) is 0 Å². The Morgan fingerprint density at radius 2 is 1.50 bits per heavy atom. The average Bonchev–Trinajstić information content (AvgIpc) is 2.69. The smallest absolute Gasteiger partial charge is 0.258 e. The normalized spacial score (nSPS) is 18.9. The summed E-state index contributed by atoms with van der Waals surface area (Å²) in [7, 11) is 0. The molecule has 3 aromatic rings. The van der Waals surface area contributed by atoms with Crippen LogP contribution in [0.15, 0.2) is 84.9 Å². The maximum Gasteiger partial charge on any atom is 0.258 e. The van der Waals surface area contributed by atoms with Crippen LogP contribution in [0.2, 0.25) is 0 Å². The van der Waals surface area contributed by atoms with Crippen molar-refractivity contribution >= 4 is 17.3 Å². The van der Waals surface area contributed by atoms with Gasteiger partial charge in [0.2, 0.25) is 0 Å². The van der Waals surface area contributed by atoms with Gasteiger partial charge in [-0.1, -0.05) is 54.6 Å². The molecule has 26 heavy (non-hydrogen) atoms. The SMILES string of the molecule is CC1C[C@@H](Nc2ccccc2)c2ccccc2N1C(=O)c1ccccc1. The Balaban J connectivity index is 1.69. The number of nitrogens with one attached hydrogen (secondary N) is 1. The van der Waals surface area contributed by atoms with Gasteiger partial charge in [0.25, 0.3) is 5.91 Å². The first-order valence-electron chi connectivity index (χ1n) is 9.03. The monoisotopic (exact) mass is 342 g/mol. The molecule has 0 bridgehead atoms. The summed E-state index contributed by atoms with van der Waals surface area (Å²) >= 11 is 0. The lowest BCUT2D eigenvalue weighted by Gasteiger charge is -2.40. The van der Waals surface area contributed by atoms with Crippen molar-refractivity contribution in [3.05, 3.63) is 96.1 Å². The molecule has 1 amide bonds. The molecule has 3 aromatic carbocycles. The molecular weight excluding hydrogens is 320 g/mol. The van der Waals surface area contributed by atoms with Gasteiger partial charge in [0.15, 0.2) is 0 Å². The molecule has 1 aliphatic rings. The van der Waals surface area contributed by atoms with Crippen LogP contribution in [0.1, 0.15) is 35.3 Å². The standard InChI is InChI=1S/C23H22N2O/c1-17-16-21(24-19-12-6-3-7-13-19)20-14-8-9-15-22(20)25(17)23(26)18-10-4-2-5-11-18/h2-15,17,21,24H,16H2,1H3/t17?,21-/m1/s1. The lowest BCUT2D eigenvalue weighted by atomic mass is 9.90. The minimum absolute atomic E-state index is 0.0590. The van der Waals surface area contributed by atoms with E-state index in [1.54, 1.807) is 0 Å². The first-order chi connectivity index (χ1) is 12.7. The van der Waals surface area contributed by atoms with Crippen LogP contribution in [0.3, 0.4) is 0 Å². The Morgan fingerprint density at radius 1 is 0.885 bits per heavy atom. The van der Waals surface area contributed by atoms with E-state index in [0.29, 0.717) is 0 Å². The molecule has 0 saturated carbocycles. The van der Waals surface area contributed by atoms with Gasteiger partial charge < -0.3 is 10.2 Å². The molecule has 0 aromatic heterocycles. The van der Waals surface area contributed by atoms with Crippen molar-refractivity contribution < 1.29 is 4.79 Å². The highest BCUT2D eigenvalue weighted by Gasteiger charge is 2.33. The van der Waals surface area contributed by atoms with Crippen molar-refractivity contribution in [1.29, 1.82) is 0 Å². The summed E-state index contributed by atoms with van der Waals surface area (Å²) in [6.45, 7) is 2.12.